The van der Waals surface area contributed by atoms with E-state index in [2.05, 4.69) is 26.6 Å². The van der Waals surface area contributed by atoms with Gasteiger partial charge in [0.1, 0.15) is 6.04 Å². The number of esters is 1. The third-order valence-electron chi connectivity index (χ3n) is 3.34. The largest absolute Gasteiger partial charge is 0.451 e. The van der Waals surface area contributed by atoms with Gasteiger partial charge in [-0.2, -0.15) is 0 Å². The molecule has 0 aliphatic rings. The molecular weight excluding hydrogens is 376 g/mol. The van der Waals surface area contributed by atoms with Crippen LogP contribution < -0.4 is 10.6 Å². The van der Waals surface area contributed by atoms with Gasteiger partial charge in [0.25, 0.3) is 11.8 Å². The predicted octanol–water partition coefficient (Wildman–Crippen LogP) is 2.27. The van der Waals surface area contributed by atoms with Crippen LogP contribution in [0.3, 0.4) is 0 Å². The smallest absolute Gasteiger partial charge is 0.329 e. The molecule has 0 fully saturated rings. The molecule has 7 heteroatoms. The minimum absolute atomic E-state index is 0.189. The Hall–Kier alpha value is -1.89. The van der Waals surface area contributed by atoms with Crippen molar-refractivity contribution in [1.82, 2.24) is 10.6 Å². The third kappa shape index (κ3) is 5.63. The van der Waals surface area contributed by atoms with Gasteiger partial charge in [-0.25, -0.2) is 4.79 Å². The molecule has 0 radical (unpaired) electrons. The molecule has 0 aromatic heterocycles. The Morgan fingerprint density at radius 2 is 1.79 bits per heavy atom. The van der Waals surface area contributed by atoms with Crippen LogP contribution in [-0.4, -0.2) is 36.5 Å². The zero-order chi connectivity index (χ0) is 18.3. The molecule has 0 saturated heterocycles. The summed E-state index contributed by atoms with van der Waals surface area (Å²) in [5.41, 5.74) is 0.424. The van der Waals surface area contributed by atoms with Gasteiger partial charge in [-0.05, 0) is 47.8 Å². The van der Waals surface area contributed by atoms with Crippen molar-refractivity contribution in [2.75, 3.05) is 6.54 Å². The Kier molecular flexibility index (Phi) is 7.91. The van der Waals surface area contributed by atoms with Crippen molar-refractivity contribution in [3.05, 3.63) is 34.3 Å². The maximum Gasteiger partial charge on any atom is 0.329 e. The lowest BCUT2D eigenvalue weighted by atomic mass is 10.0. The normalized spacial score (nSPS) is 13.1. The Morgan fingerprint density at radius 3 is 2.33 bits per heavy atom. The number of likely N-dealkylation sites (N-methyl/N-ethyl adjacent to an activating group) is 1. The molecule has 1 aromatic rings. The van der Waals surface area contributed by atoms with E-state index in [1.807, 2.05) is 0 Å². The molecule has 0 aliphatic carbocycles. The molecule has 0 aliphatic heterocycles. The molecule has 2 amide bonds. The Balaban J connectivity index is 2.80. The van der Waals surface area contributed by atoms with Crippen molar-refractivity contribution in [3.8, 4) is 0 Å². The number of rotatable bonds is 7. The lowest BCUT2D eigenvalue weighted by molar-refractivity contribution is -0.157. The van der Waals surface area contributed by atoms with Crippen molar-refractivity contribution >= 4 is 33.7 Å². The van der Waals surface area contributed by atoms with Gasteiger partial charge in [0.2, 0.25) is 0 Å². The minimum Gasteiger partial charge on any atom is -0.451 e. The van der Waals surface area contributed by atoms with Crippen molar-refractivity contribution in [2.45, 2.75) is 39.8 Å². The number of hydrogen-bond donors (Lipinski definition) is 2. The van der Waals surface area contributed by atoms with Gasteiger partial charge in [0.15, 0.2) is 6.10 Å². The lowest BCUT2D eigenvalue weighted by Crippen LogP contribution is -2.47. The first-order valence-electron chi connectivity index (χ1n) is 7.81. The summed E-state index contributed by atoms with van der Waals surface area (Å²) >= 11 is 3.31. The van der Waals surface area contributed by atoms with Crippen LogP contribution in [0.15, 0.2) is 28.7 Å². The topological polar surface area (TPSA) is 84.5 Å². The van der Waals surface area contributed by atoms with Crippen LogP contribution in [0, 0.1) is 5.92 Å². The standard InChI is InChI=1S/C17H23BrN2O4/c1-5-19-15(21)11(4)24-17(23)14(10(2)3)20-16(22)12-8-6-7-9-13(12)18/h6-11,14H,5H2,1-4H3,(H,19,21)(H,20,22)/t11-,14+/m1/s1. The molecule has 132 valence electrons. The van der Waals surface area contributed by atoms with Gasteiger partial charge in [-0.15, -0.1) is 0 Å². The summed E-state index contributed by atoms with van der Waals surface area (Å²) in [7, 11) is 0. The number of nitrogens with one attached hydrogen (secondary N) is 2. The average molecular weight is 399 g/mol. The number of benzene rings is 1. The number of amides is 2. The first-order valence-corrected chi connectivity index (χ1v) is 8.60. The molecule has 1 aromatic carbocycles. The highest BCUT2D eigenvalue weighted by molar-refractivity contribution is 9.10. The summed E-state index contributed by atoms with van der Waals surface area (Å²) in [4.78, 5) is 36.4. The summed E-state index contributed by atoms with van der Waals surface area (Å²) in [5, 5.41) is 5.26. The molecule has 0 spiro atoms. The number of hydrogen-bond acceptors (Lipinski definition) is 4. The Morgan fingerprint density at radius 1 is 1.17 bits per heavy atom. The molecule has 0 heterocycles. The predicted molar refractivity (Wildman–Crippen MR) is 94.5 cm³/mol. The minimum atomic E-state index is -0.918. The summed E-state index contributed by atoms with van der Waals surface area (Å²) in [5.74, 6) is -1.58. The van der Waals surface area contributed by atoms with E-state index >= 15 is 0 Å². The van der Waals surface area contributed by atoms with E-state index in [1.165, 1.54) is 6.92 Å². The van der Waals surface area contributed by atoms with E-state index in [1.54, 1.807) is 45.0 Å². The van der Waals surface area contributed by atoms with Crippen LogP contribution in [0.25, 0.3) is 0 Å². The highest BCUT2D eigenvalue weighted by atomic mass is 79.9. The van der Waals surface area contributed by atoms with Crippen molar-refractivity contribution in [1.29, 1.82) is 0 Å². The van der Waals surface area contributed by atoms with Crippen molar-refractivity contribution in [3.63, 3.8) is 0 Å². The molecule has 0 saturated carbocycles. The second-order valence-corrected chi connectivity index (χ2v) is 6.50. The van der Waals surface area contributed by atoms with E-state index in [-0.39, 0.29) is 17.7 Å². The second kappa shape index (κ2) is 9.42. The molecule has 1 rings (SSSR count). The maximum absolute atomic E-state index is 12.4. The quantitative estimate of drug-likeness (QED) is 0.689. The summed E-state index contributed by atoms with van der Waals surface area (Å²) < 4.78 is 5.81. The Labute approximate surface area is 150 Å². The van der Waals surface area contributed by atoms with Crippen LogP contribution >= 0.6 is 15.9 Å². The van der Waals surface area contributed by atoms with Crippen LogP contribution in [0.1, 0.15) is 38.1 Å². The number of carbonyl (C=O) groups is 3. The summed E-state index contributed by atoms with van der Waals surface area (Å²) in [6.07, 6.45) is -0.918. The van der Waals surface area contributed by atoms with Gasteiger partial charge < -0.3 is 15.4 Å². The fourth-order valence-electron chi connectivity index (χ4n) is 1.98. The highest BCUT2D eigenvalue weighted by Crippen LogP contribution is 2.16. The summed E-state index contributed by atoms with van der Waals surface area (Å²) in [6.45, 7) is 7.32. The van der Waals surface area contributed by atoms with E-state index < -0.39 is 18.1 Å². The molecule has 0 bridgehead atoms. The van der Waals surface area contributed by atoms with E-state index in [9.17, 15) is 14.4 Å². The number of carbonyl (C=O) groups excluding carboxylic acids is 3. The zero-order valence-corrected chi connectivity index (χ0v) is 15.8. The lowest BCUT2D eigenvalue weighted by Gasteiger charge is -2.23. The molecular formula is C17H23BrN2O4. The van der Waals surface area contributed by atoms with Gasteiger partial charge in [0, 0.05) is 11.0 Å². The number of halogens is 1. The van der Waals surface area contributed by atoms with E-state index in [0.29, 0.717) is 16.6 Å². The molecule has 0 unspecified atom stereocenters. The third-order valence-corrected chi connectivity index (χ3v) is 4.03. The van der Waals surface area contributed by atoms with E-state index in [4.69, 9.17) is 4.74 Å². The van der Waals surface area contributed by atoms with Gasteiger partial charge in [-0.1, -0.05) is 26.0 Å². The van der Waals surface area contributed by atoms with Crippen LogP contribution in [0.2, 0.25) is 0 Å². The van der Waals surface area contributed by atoms with E-state index in [0.717, 1.165) is 0 Å². The van der Waals surface area contributed by atoms with Crippen LogP contribution in [0.4, 0.5) is 0 Å². The number of ether oxygens (including phenoxy) is 1. The average Bonchev–Trinajstić information content (AvgIpc) is 2.52. The van der Waals surface area contributed by atoms with Gasteiger partial charge in [0.05, 0.1) is 5.56 Å². The molecule has 2 N–H and O–H groups in total. The van der Waals surface area contributed by atoms with Crippen LogP contribution in [0.5, 0.6) is 0 Å². The second-order valence-electron chi connectivity index (χ2n) is 5.65. The van der Waals surface area contributed by atoms with Gasteiger partial charge >= 0.3 is 5.97 Å². The maximum atomic E-state index is 12.4. The zero-order valence-electron chi connectivity index (χ0n) is 14.3. The SMILES string of the molecule is CCNC(=O)[C@@H](C)OC(=O)[C@@H](NC(=O)c1ccccc1Br)C(C)C. The first kappa shape index (κ1) is 20.2. The first-order chi connectivity index (χ1) is 11.3. The van der Waals surface area contributed by atoms with Crippen molar-refractivity contribution in [2.24, 2.45) is 5.92 Å². The monoisotopic (exact) mass is 398 g/mol. The highest BCUT2D eigenvalue weighted by Gasteiger charge is 2.29. The van der Waals surface area contributed by atoms with Crippen LogP contribution in [-0.2, 0) is 14.3 Å². The Bertz CT molecular complexity index is 604. The fourth-order valence-corrected chi connectivity index (χ4v) is 2.45. The van der Waals surface area contributed by atoms with Crippen molar-refractivity contribution < 1.29 is 19.1 Å². The molecule has 24 heavy (non-hydrogen) atoms. The molecule has 6 nitrogen and oxygen atoms in total. The molecule has 2 atom stereocenters. The summed E-state index contributed by atoms with van der Waals surface area (Å²) in [6, 6.07) is 6.08. The fraction of sp³-hybridized carbons (Fsp3) is 0.471. The van der Waals surface area contributed by atoms with Gasteiger partial charge in [-0.3, -0.25) is 9.59 Å².